The van der Waals surface area contributed by atoms with Gasteiger partial charge in [0.05, 0.1) is 12.7 Å². The summed E-state index contributed by atoms with van der Waals surface area (Å²) in [6, 6.07) is 12.4. The highest BCUT2D eigenvalue weighted by Gasteiger charge is 2.23. The van der Waals surface area contributed by atoms with Gasteiger partial charge in [0.1, 0.15) is 5.58 Å². The summed E-state index contributed by atoms with van der Waals surface area (Å²) in [5.74, 6) is 0.143. The van der Waals surface area contributed by atoms with Crippen molar-refractivity contribution >= 4 is 22.6 Å². The molecule has 1 aliphatic rings. The molecule has 2 heterocycles. The summed E-state index contributed by atoms with van der Waals surface area (Å²) in [6.45, 7) is 4.93. The van der Waals surface area contributed by atoms with Crippen molar-refractivity contribution in [3.05, 3.63) is 64.9 Å². The molecule has 3 heteroatoms. The second-order valence-electron chi connectivity index (χ2n) is 6.67. The average Bonchev–Trinajstić information content (AvgIpc) is 2.97. The van der Waals surface area contributed by atoms with Gasteiger partial charge >= 0.3 is 0 Å². The van der Waals surface area contributed by atoms with E-state index >= 15 is 0 Å². The fourth-order valence-electron chi connectivity index (χ4n) is 3.81. The van der Waals surface area contributed by atoms with Crippen LogP contribution in [-0.4, -0.2) is 12.5 Å². The Labute approximate surface area is 141 Å². The van der Waals surface area contributed by atoms with Gasteiger partial charge in [0, 0.05) is 23.2 Å². The average molecular weight is 319 g/mol. The van der Waals surface area contributed by atoms with Gasteiger partial charge in [-0.15, -0.1) is 0 Å². The van der Waals surface area contributed by atoms with Crippen molar-refractivity contribution in [3.8, 4) is 0 Å². The molecule has 0 bridgehead atoms. The highest BCUT2D eigenvalue weighted by Crippen LogP contribution is 2.30. The molecule has 2 aromatic carbocycles. The molecule has 0 atom stereocenters. The van der Waals surface area contributed by atoms with Crippen LogP contribution < -0.4 is 4.90 Å². The zero-order valence-corrected chi connectivity index (χ0v) is 14.1. The number of carbonyl (C=O) groups is 1. The lowest BCUT2D eigenvalue weighted by molar-refractivity contribution is -0.118. The van der Waals surface area contributed by atoms with Crippen LogP contribution in [0.3, 0.4) is 0 Å². The number of hydrogen-bond acceptors (Lipinski definition) is 2. The molecule has 3 aromatic rings. The molecule has 3 nitrogen and oxygen atoms in total. The van der Waals surface area contributed by atoms with Crippen LogP contribution in [0, 0.1) is 13.8 Å². The standard InChI is InChI=1S/C21H21NO2/c1-14-10-15(2)21-17(13-24-19(21)11-14)12-20(23)22-9-5-7-16-6-3-4-8-18(16)22/h3-4,6,8,10-11,13H,5,7,9,12H2,1-2H3. The number of para-hydroxylation sites is 1. The van der Waals surface area contributed by atoms with Crippen molar-refractivity contribution in [1.29, 1.82) is 0 Å². The van der Waals surface area contributed by atoms with Crippen molar-refractivity contribution in [2.24, 2.45) is 0 Å². The highest BCUT2D eigenvalue weighted by molar-refractivity contribution is 5.98. The summed E-state index contributed by atoms with van der Waals surface area (Å²) in [5, 5.41) is 1.08. The number of nitrogens with zero attached hydrogens (tertiary/aromatic N) is 1. The first-order valence-corrected chi connectivity index (χ1v) is 8.49. The summed E-state index contributed by atoms with van der Waals surface area (Å²) in [6.07, 6.45) is 4.19. The molecule has 1 aromatic heterocycles. The number of amides is 1. The van der Waals surface area contributed by atoms with E-state index in [1.54, 1.807) is 6.26 Å². The molecule has 0 saturated carbocycles. The summed E-state index contributed by atoms with van der Waals surface area (Å²) >= 11 is 0. The first-order valence-electron chi connectivity index (χ1n) is 8.49. The van der Waals surface area contributed by atoms with Crippen LogP contribution in [0.5, 0.6) is 0 Å². The van der Waals surface area contributed by atoms with E-state index in [9.17, 15) is 4.79 Å². The van der Waals surface area contributed by atoms with E-state index in [1.807, 2.05) is 23.1 Å². The Kier molecular flexibility index (Phi) is 3.64. The molecule has 0 radical (unpaired) electrons. The normalized spacial score (nSPS) is 14.0. The zero-order chi connectivity index (χ0) is 16.7. The van der Waals surface area contributed by atoms with Crippen LogP contribution in [0.25, 0.3) is 11.0 Å². The molecule has 122 valence electrons. The lowest BCUT2D eigenvalue weighted by atomic mass is 9.99. The summed E-state index contributed by atoms with van der Waals surface area (Å²) < 4.78 is 5.70. The summed E-state index contributed by atoms with van der Waals surface area (Å²) in [5.41, 5.74) is 6.53. The Hall–Kier alpha value is -2.55. The van der Waals surface area contributed by atoms with Gasteiger partial charge in [0.2, 0.25) is 5.91 Å². The van der Waals surface area contributed by atoms with Crippen LogP contribution in [0.2, 0.25) is 0 Å². The molecule has 0 saturated heterocycles. The molecule has 0 aliphatic carbocycles. The SMILES string of the molecule is Cc1cc(C)c2c(CC(=O)N3CCCc4ccccc43)coc2c1. The maximum Gasteiger partial charge on any atom is 0.231 e. The van der Waals surface area contributed by atoms with Crippen molar-refractivity contribution in [2.45, 2.75) is 33.1 Å². The first-order chi connectivity index (χ1) is 11.6. The molecule has 1 aliphatic heterocycles. The fourth-order valence-corrected chi connectivity index (χ4v) is 3.81. The largest absolute Gasteiger partial charge is 0.464 e. The van der Waals surface area contributed by atoms with Crippen LogP contribution in [0.1, 0.15) is 28.7 Å². The van der Waals surface area contributed by atoms with Crippen LogP contribution >= 0.6 is 0 Å². The van der Waals surface area contributed by atoms with E-state index in [-0.39, 0.29) is 5.91 Å². The van der Waals surface area contributed by atoms with Gasteiger partial charge in [-0.3, -0.25) is 4.79 Å². The molecule has 0 N–H and O–H groups in total. The van der Waals surface area contributed by atoms with E-state index < -0.39 is 0 Å². The monoisotopic (exact) mass is 319 g/mol. The smallest absolute Gasteiger partial charge is 0.231 e. The van der Waals surface area contributed by atoms with Crippen molar-refractivity contribution in [2.75, 3.05) is 11.4 Å². The lowest BCUT2D eigenvalue weighted by Gasteiger charge is -2.29. The Morgan fingerprint density at radius 3 is 2.92 bits per heavy atom. The van der Waals surface area contributed by atoms with Gasteiger partial charge < -0.3 is 9.32 Å². The topological polar surface area (TPSA) is 33.5 Å². The van der Waals surface area contributed by atoms with Gasteiger partial charge in [-0.05, 0) is 55.5 Å². The number of rotatable bonds is 2. The fraction of sp³-hybridized carbons (Fsp3) is 0.286. The lowest BCUT2D eigenvalue weighted by Crippen LogP contribution is -2.36. The van der Waals surface area contributed by atoms with Gasteiger partial charge in [-0.1, -0.05) is 24.3 Å². The molecule has 0 spiro atoms. The minimum atomic E-state index is 0.143. The van der Waals surface area contributed by atoms with E-state index in [0.717, 1.165) is 41.6 Å². The highest BCUT2D eigenvalue weighted by atomic mass is 16.3. The Balaban J connectivity index is 1.66. The minimum absolute atomic E-state index is 0.143. The Bertz CT molecular complexity index is 923. The third-order valence-corrected chi connectivity index (χ3v) is 4.85. The van der Waals surface area contributed by atoms with Gasteiger partial charge in [-0.2, -0.15) is 0 Å². The Morgan fingerprint density at radius 2 is 2.04 bits per heavy atom. The van der Waals surface area contributed by atoms with Crippen molar-refractivity contribution in [3.63, 3.8) is 0 Å². The minimum Gasteiger partial charge on any atom is -0.464 e. The Morgan fingerprint density at radius 1 is 1.21 bits per heavy atom. The van der Waals surface area contributed by atoms with Gasteiger partial charge in [-0.25, -0.2) is 0 Å². The van der Waals surface area contributed by atoms with E-state index in [0.29, 0.717) is 6.42 Å². The second-order valence-corrected chi connectivity index (χ2v) is 6.67. The molecule has 0 fully saturated rings. The quantitative estimate of drug-likeness (QED) is 0.693. The third-order valence-electron chi connectivity index (χ3n) is 4.85. The number of fused-ring (bicyclic) bond motifs is 2. The molecular weight excluding hydrogens is 298 g/mol. The predicted octanol–water partition coefficient (Wildman–Crippen LogP) is 4.57. The molecule has 1 amide bonds. The van der Waals surface area contributed by atoms with Gasteiger partial charge in [0.15, 0.2) is 0 Å². The third kappa shape index (κ3) is 2.50. The number of anilines is 1. The zero-order valence-electron chi connectivity index (χ0n) is 14.1. The number of carbonyl (C=O) groups excluding carboxylic acids is 1. The van der Waals surface area contributed by atoms with Crippen LogP contribution in [0.4, 0.5) is 5.69 Å². The first kappa shape index (κ1) is 15.0. The van der Waals surface area contributed by atoms with E-state index in [2.05, 4.69) is 32.0 Å². The molecule has 24 heavy (non-hydrogen) atoms. The van der Waals surface area contributed by atoms with E-state index in [1.165, 1.54) is 16.7 Å². The summed E-state index contributed by atoms with van der Waals surface area (Å²) in [4.78, 5) is 14.9. The number of furan rings is 1. The van der Waals surface area contributed by atoms with Crippen LogP contribution in [-0.2, 0) is 17.6 Å². The molecular formula is C21H21NO2. The van der Waals surface area contributed by atoms with Crippen LogP contribution in [0.15, 0.2) is 47.1 Å². The predicted molar refractivity (Wildman–Crippen MR) is 96.5 cm³/mol. The molecule has 0 unspecified atom stereocenters. The van der Waals surface area contributed by atoms with Gasteiger partial charge in [0.25, 0.3) is 0 Å². The van der Waals surface area contributed by atoms with Crippen molar-refractivity contribution in [1.82, 2.24) is 0 Å². The van der Waals surface area contributed by atoms with E-state index in [4.69, 9.17) is 4.42 Å². The number of aryl methyl sites for hydroxylation is 3. The number of hydrogen-bond donors (Lipinski definition) is 0. The molecule has 4 rings (SSSR count). The second kappa shape index (κ2) is 5.82. The number of benzene rings is 2. The maximum atomic E-state index is 12.9. The summed E-state index contributed by atoms with van der Waals surface area (Å²) in [7, 11) is 0. The van der Waals surface area contributed by atoms with Crippen molar-refractivity contribution < 1.29 is 9.21 Å². The maximum absolute atomic E-state index is 12.9.